The van der Waals surface area contributed by atoms with E-state index in [1.807, 2.05) is 21.7 Å². The third-order valence-corrected chi connectivity index (χ3v) is 6.11. The number of carbonyl (C=O) groups is 1. The maximum absolute atomic E-state index is 12.5. The van der Waals surface area contributed by atoms with E-state index in [9.17, 15) is 4.79 Å². The van der Waals surface area contributed by atoms with E-state index in [-0.39, 0.29) is 36.8 Å². The number of carbonyl (C=O) groups excluding carboxylic acids is 1. The summed E-state index contributed by atoms with van der Waals surface area (Å²) in [5, 5.41) is 4.76. The van der Waals surface area contributed by atoms with Crippen LogP contribution in [0, 0.1) is 0 Å². The van der Waals surface area contributed by atoms with Crippen LogP contribution in [0.1, 0.15) is 23.3 Å². The molecule has 9 heteroatoms. The van der Waals surface area contributed by atoms with E-state index in [2.05, 4.69) is 20.9 Å². The van der Waals surface area contributed by atoms with Gasteiger partial charge >= 0.3 is 0 Å². The van der Waals surface area contributed by atoms with Crippen LogP contribution < -0.4 is 5.73 Å². The monoisotopic (exact) mass is 443 g/mol. The Morgan fingerprint density at radius 3 is 2.82 bits per heavy atom. The fraction of sp³-hybridized carbons (Fsp3) is 0.385. The van der Waals surface area contributed by atoms with E-state index in [0.29, 0.717) is 12.2 Å². The molecule has 1 amide bonds. The molecule has 2 N–H and O–H groups in total. The molecular weight excluding hydrogens is 429 g/mol. The van der Waals surface area contributed by atoms with Gasteiger partial charge in [-0.1, -0.05) is 0 Å². The summed E-state index contributed by atoms with van der Waals surface area (Å²) in [5.41, 5.74) is 6.26. The van der Waals surface area contributed by atoms with Crippen molar-refractivity contribution >= 4 is 69.3 Å². The Hall–Kier alpha value is -0.180. The summed E-state index contributed by atoms with van der Waals surface area (Å²) in [6, 6.07) is 2.19. The molecule has 4 nitrogen and oxygen atoms in total. The fourth-order valence-corrected chi connectivity index (χ4v) is 4.71. The standard InChI is InChI=1S/C13H14BrN3OS2.2ClH/c14-8-4-11(19-6-8)12-16-10(7-20-12)13(18)17-3-1-2-9(17)5-15;;/h4,6-7,9H,1-3,5,15H2;2*1H. The van der Waals surface area contributed by atoms with Gasteiger partial charge in [-0.05, 0) is 34.8 Å². The average molecular weight is 445 g/mol. The molecule has 3 heterocycles. The first-order valence-electron chi connectivity index (χ1n) is 6.40. The van der Waals surface area contributed by atoms with Crippen molar-refractivity contribution in [2.24, 2.45) is 5.73 Å². The second kappa shape index (κ2) is 8.61. The van der Waals surface area contributed by atoms with Gasteiger partial charge in [0.05, 0.1) is 4.88 Å². The summed E-state index contributed by atoms with van der Waals surface area (Å²) in [4.78, 5) is 19.9. The predicted octanol–water partition coefficient (Wildman–Crippen LogP) is 4.04. The number of nitrogens with two attached hydrogens (primary N) is 1. The summed E-state index contributed by atoms with van der Waals surface area (Å²) in [6.45, 7) is 1.32. The van der Waals surface area contributed by atoms with Crippen LogP contribution in [0.5, 0.6) is 0 Å². The summed E-state index contributed by atoms with van der Waals surface area (Å²) in [7, 11) is 0. The molecule has 1 fully saturated rings. The molecule has 1 atom stereocenters. The number of hydrogen-bond acceptors (Lipinski definition) is 5. The van der Waals surface area contributed by atoms with E-state index >= 15 is 0 Å². The lowest BCUT2D eigenvalue weighted by atomic mass is 10.2. The molecule has 22 heavy (non-hydrogen) atoms. The van der Waals surface area contributed by atoms with Crippen molar-refractivity contribution in [3.05, 3.63) is 27.0 Å². The summed E-state index contributed by atoms with van der Waals surface area (Å²) in [5.74, 6) is 0.0103. The Balaban J connectivity index is 0.00000121. The van der Waals surface area contributed by atoms with Gasteiger partial charge in [0.2, 0.25) is 0 Å². The van der Waals surface area contributed by atoms with Crippen molar-refractivity contribution in [2.45, 2.75) is 18.9 Å². The van der Waals surface area contributed by atoms with Crippen LogP contribution in [0.2, 0.25) is 0 Å². The number of thiophene rings is 1. The van der Waals surface area contributed by atoms with Crippen molar-refractivity contribution in [3.8, 4) is 9.88 Å². The third-order valence-electron chi connectivity index (χ3n) is 3.41. The van der Waals surface area contributed by atoms with Gasteiger partial charge in [-0.25, -0.2) is 4.98 Å². The normalized spacial score (nSPS) is 17.0. The maximum Gasteiger partial charge on any atom is 0.273 e. The molecule has 122 valence electrons. The zero-order valence-electron chi connectivity index (χ0n) is 11.5. The second-order valence-corrected chi connectivity index (χ2v) is 7.38. The van der Waals surface area contributed by atoms with Crippen molar-refractivity contribution in [2.75, 3.05) is 13.1 Å². The molecular formula is C13H16BrCl2N3OS2. The number of likely N-dealkylation sites (tertiary alicyclic amines) is 1. The Morgan fingerprint density at radius 2 is 2.18 bits per heavy atom. The summed E-state index contributed by atoms with van der Waals surface area (Å²) in [6.07, 6.45) is 2.03. The van der Waals surface area contributed by atoms with Crippen LogP contribution in [-0.2, 0) is 0 Å². The molecule has 1 aliphatic rings. The quantitative estimate of drug-likeness (QED) is 0.776. The summed E-state index contributed by atoms with van der Waals surface area (Å²) < 4.78 is 1.04. The Bertz CT molecular complexity index is 634. The highest BCUT2D eigenvalue weighted by Gasteiger charge is 2.29. The van der Waals surface area contributed by atoms with Gasteiger partial charge in [0.25, 0.3) is 5.91 Å². The van der Waals surface area contributed by atoms with E-state index in [0.717, 1.165) is 33.7 Å². The van der Waals surface area contributed by atoms with E-state index in [1.54, 1.807) is 11.3 Å². The van der Waals surface area contributed by atoms with Crippen LogP contribution in [0.15, 0.2) is 21.3 Å². The maximum atomic E-state index is 12.5. The molecule has 2 aromatic rings. The highest BCUT2D eigenvalue weighted by molar-refractivity contribution is 9.10. The molecule has 1 saturated heterocycles. The lowest BCUT2D eigenvalue weighted by molar-refractivity contribution is 0.0736. The topological polar surface area (TPSA) is 59.2 Å². The average Bonchev–Trinajstić information content (AvgIpc) is 3.17. The van der Waals surface area contributed by atoms with Gasteiger partial charge in [-0.3, -0.25) is 4.79 Å². The lowest BCUT2D eigenvalue weighted by Crippen LogP contribution is -2.40. The largest absolute Gasteiger partial charge is 0.333 e. The third kappa shape index (κ3) is 4.01. The van der Waals surface area contributed by atoms with Crippen LogP contribution in [0.3, 0.4) is 0 Å². The number of hydrogen-bond donors (Lipinski definition) is 1. The van der Waals surface area contributed by atoms with Crippen molar-refractivity contribution in [3.63, 3.8) is 0 Å². The minimum atomic E-state index is 0. The van der Waals surface area contributed by atoms with Gasteiger partial charge in [0, 0.05) is 34.4 Å². The molecule has 1 aliphatic heterocycles. The van der Waals surface area contributed by atoms with Crippen LogP contribution >= 0.6 is 63.4 Å². The van der Waals surface area contributed by atoms with Gasteiger partial charge in [0.15, 0.2) is 0 Å². The number of aromatic nitrogens is 1. The van der Waals surface area contributed by atoms with Crippen LogP contribution in [0.4, 0.5) is 0 Å². The Morgan fingerprint density at radius 1 is 1.41 bits per heavy atom. The molecule has 0 saturated carbocycles. The molecule has 0 spiro atoms. The number of halogens is 3. The molecule has 0 radical (unpaired) electrons. The molecule has 3 rings (SSSR count). The van der Waals surface area contributed by atoms with E-state index < -0.39 is 0 Å². The molecule has 0 aliphatic carbocycles. The van der Waals surface area contributed by atoms with Gasteiger partial charge in [-0.15, -0.1) is 47.5 Å². The van der Waals surface area contributed by atoms with E-state index in [4.69, 9.17) is 5.73 Å². The van der Waals surface area contributed by atoms with Gasteiger partial charge in [0.1, 0.15) is 10.7 Å². The zero-order chi connectivity index (χ0) is 14.1. The lowest BCUT2D eigenvalue weighted by Gasteiger charge is -2.22. The first kappa shape index (κ1) is 19.9. The smallest absolute Gasteiger partial charge is 0.273 e. The van der Waals surface area contributed by atoms with Crippen LogP contribution in [0.25, 0.3) is 9.88 Å². The first-order chi connectivity index (χ1) is 9.69. The van der Waals surface area contributed by atoms with Crippen molar-refractivity contribution < 1.29 is 4.79 Å². The van der Waals surface area contributed by atoms with Gasteiger partial charge < -0.3 is 10.6 Å². The number of thiazole rings is 1. The zero-order valence-corrected chi connectivity index (χ0v) is 16.4. The van der Waals surface area contributed by atoms with Gasteiger partial charge in [-0.2, -0.15) is 0 Å². The Kier molecular flexibility index (Phi) is 7.78. The molecule has 0 bridgehead atoms. The number of nitrogens with zero attached hydrogens (tertiary/aromatic N) is 2. The predicted molar refractivity (Wildman–Crippen MR) is 101 cm³/mol. The molecule has 2 aromatic heterocycles. The first-order valence-corrected chi connectivity index (χ1v) is 8.95. The van der Waals surface area contributed by atoms with Crippen molar-refractivity contribution in [1.82, 2.24) is 9.88 Å². The van der Waals surface area contributed by atoms with Crippen molar-refractivity contribution in [1.29, 1.82) is 0 Å². The Labute approximate surface area is 158 Å². The highest BCUT2D eigenvalue weighted by Crippen LogP contribution is 2.32. The second-order valence-electron chi connectivity index (χ2n) is 4.70. The van der Waals surface area contributed by atoms with Crippen LogP contribution in [-0.4, -0.2) is 34.9 Å². The SMILES string of the molecule is Cl.Cl.NCC1CCCN1C(=O)c1csc(-c2cc(Br)cs2)n1. The molecule has 1 unspecified atom stereocenters. The number of rotatable bonds is 3. The molecule has 0 aromatic carbocycles. The summed E-state index contributed by atoms with van der Waals surface area (Å²) >= 11 is 6.57. The minimum Gasteiger partial charge on any atom is -0.333 e. The van der Waals surface area contributed by atoms with E-state index in [1.165, 1.54) is 11.3 Å². The fourth-order valence-electron chi connectivity index (χ4n) is 2.41. The highest BCUT2D eigenvalue weighted by atomic mass is 79.9. The minimum absolute atomic E-state index is 0. The number of amides is 1.